The summed E-state index contributed by atoms with van der Waals surface area (Å²) in [6, 6.07) is 0. The first-order chi connectivity index (χ1) is 12.3. The monoisotopic (exact) mass is 347 g/mol. The van der Waals surface area contributed by atoms with E-state index in [9.17, 15) is 4.79 Å². The summed E-state index contributed by atoms with van der Waals surface area (Å²) in [5, 5.41) is 11.4. The van der Waals surface area contributed by atoms with Crippen LogP contribution < -0.4 is 5.32 Å². The van der Waals surface area contributed by atoms with Gasteiger partial charge >= 0.3 is 0 Å². The average Bonchev–Trinajstić information content (AvgIpc) is 2.61. The lowest BCUT2D eigenvalue weighted by atomic mass is 10.2. The molecular weight excluding hydrogens is 310 g/mol. The van der Waals surface area contributed by atoms with Gasteiger partial charge in [0.05, 0.1) is 6.61 Å². The maximum Gasteiger partial charge on any atom is 0.222 e. The van der Waals surface area contributed by atoms with E-state index in [1.165, 1.54) is 25.7 Å². The van der Waals surface area contributed by atoms with Crippen LogP contribution in [0.15, 0.2) is 48.6 Å². The Bertz CT molecular complexity index is 408. The smallest absolute Gasteiger partial charge is 0.222 e. The lowest BCUT2D eigenvalue weighted by molar-refractivity contribution is -0.121. The molecule has 0 heterocycles. The topological polar surface area (TPSA) is 49.3 Å². The molecule has 3 heteroatoms. The molecular formula is C22H37NO2. The second-order valence-electron chi connectivity index (χ2n) is 6.05. The van der Waals surface area contributed by atoms with Crippen molar-refractivity contribution in [2.75, 3.05) is 13.2 Å². The van der Waals surface area contributed by atoms with Gasteiger partial charge in [-0.05, 0) is 44.9 Å². The molecule has 0 saturated carbocycles. The second-order valence-corrected chi connectivity index (χ2v) is 6.05. The number of aliphatic hydroxyl groups excluding tert-OH is 1. The van der Waals surface area contributed by atoms with Crippen molar-refractivity contribution in [3.05, 3.63) is 48.6 Å². The predicted molar refractivity (Wildman–Crippen MR) is 108 cm³/mol. The number of hydrogen-bond donors (Lipinski definition) is 2. The highest BCUT2D eigenvalue weighted by Crippen LogP contribution is 2.01. The third-order valence-electron chi connectivity index (χ3n) is 3.67. The molecule has 0 spiro atoms. The molecule has 0 aromatic heterocycles. The van der Waals surface area contributed by atoms with Gasteiger partial charge in [0.15, 0.2) is 0 Å². The molecule has 142 valence electrons. The number of allylic oxidation sites excluding steroid dienone is 8. The van der Waals surface area contributed by atoms with Crippen LogP contribution >= 0.6 is 0 Å². The molecule has 0 aliphatic heterocycles. The Morgan fingerprint density at radius 1 is 0.800 bits per heavy atom. The predicted octanol–water partition coefficient (Wildman–Crippen LogP) is 5.24. The van der Waals surface area contributed by atoms with Crippen LogP contribution in [0.5, 0.6) is 0 Å². The summed E-state index contributed by atoms with van der Waals surface area (Å²) in [5.74, 6) is -0.0746. The van der Waals surface area contributed by atoms with Crippen molar-refractivity contribution in [1.29, 1.82) is 0 Å². The lowest BCUT2D eigenvalue weighted by Gasteiger charge is -2.01. The Labute approximate surface area is 154 Å². The van der Waals surface area contributed by atoms with Gasteiger partial charge in [-0.25, -0.2) is 0 Å². The van der Waals surface area contributed by atoms with Gasteiger partial charge in [-0.15, -0.1) is 0 Å². The van der Waals surface area contributed by atoms with Gasteiger partial charge in [-0.1, -0.05) is 68.4 Å². The van der Waals surface area contributed by atoms with Gasteiger partial charge < -0.3 is 10.4 Å². The molecule has 1 amide bonds. The number of carbonyl (C=O) groups excluding carboxylic acids is 1. The first-order valence-electron chi connectivity index (χ1n) is 9.78. The van der Waals surface area contributed by atoms with Gasteiger partial charge in [-0.3, -0.25) is 4.79 Å². The molecule has 0 fully saturated rings. The van der Waals surface area contributed by atoms with Gasteiger partial charge in [-0.2, -0.15) is 0 Å². The van der Waals surface area contributed by atoms with Crippen molar-refractivity contribution >= 4 is 5.91 Å². The van der Waals surface area contributed by atoms with Gasteiger partial charge in [0.2, 0.25) is 5.91 Å². The first-order valence-corrected chi connectivity index (χ1v) is 9.78. The highest BCUT2D eigenvalue weighted by Gasteiger charge is 1.96. The van der Waals surface area contributed by atoms with E-state index in [0.717, 1.165) is 32.1 Å². The minimum absolute atomic E-state index is 0.0746. The summed E-state index contributed by atoms with van der Waals surface area (Å²) in [4.78, 5) is 11.1. The van der Waals surface area contributed by atoms with E-state index in [1.807, 2.05) is 0 Å². The fraction of sp³-hybridized carbons (Fsp3) is 0.591. The van der Waals surface area contributed by atoms with E-state index in [-0.39, 0.29) is 18.9 Å². The SMILES string of the molecule is CCCCC/C=C\C/C=C\C/C=C\C/C=C\CCCNC(=O)CCO. The zero-order chi connectivity index (χ0) is 18.4. The van der Waals surface area contributed by atoms with Crippen LogP contribution in [0.3, 0.4) is 0 Å². The van der Waals surface area contributed by atoms with Crippen LogP contribution in [0.25, 0.3) is 0 Å². The lowest BCUT2D eigenvalue weighted by Crippen LogP contribution is -2.24. The number of rotatable bonds is 16. The van der Waals surface area contributed by atoms with E-state index in [4.69, 9.17) is 5.11 Å². The fourth-order valence-electron chi connectivity index (χ4n) is 2.20. The summed E-state index contributed by atoms with van der Waals surface area (Å²) >= 11 is 0. The second kappa shape index (κ2) is 20.4. The molecule has 0 aliphatic rings. The van der Waals surface area contributed by atoms with Gasteiger partial charge in [0, 0.05) is 13.0 Å². The van der Waals surface area contributed by atoms with Crippen LogP contribution in [0.4, 0.5) is 0 Å². The van der Waals surface area contributed by atoms with E-state index >= 15 is 0 Å². The van der Waals surface area contributed by atoms with Crippen molar-refractivity contribution in [2.45, 2.75) is 71.1 Å². The molecule has 0 aliphatic carbocycles. The standard InChI is InChI=1S/C22H37NO2/c1-2-3-4-5-6-7-8-9-10-11-12-13-14-15-16-17-18-20-23-22(25)19-21-24/h6-7,9-10,12-13,15-16,24H,2-5,8,11,14,17-21H2,1H3,(H,23,25)/b7-6-,10-9-,13-12-,16-15-. The Balaban J connectivity index is 3.41. The molecule has 0 rings (SSSR count). The van der Waals surface area contributed by atoms with Crippen LogP contribution in [0.1, 0.15) is 71.1 Å². The van der Waals surface area contributed by atoms with E-state index < -0.39 is 0 Å². The number of carbonyl (C=O) groups is 1. The summed E-state index contributed by atoms with van der Waals surface area (Å²) in [7, 11) is 0. The third kappa shape index (κ3) is 20.3. The first kappa shape index (κ1) is 23.4. The molecule has 0 unspecified atom stereocenters. The third-order valence-corrected chi connectivity index (χ3v) is 3.67. The molecule has 25 heavy (non-hydrogen) atoms. The summed E-state index contributed by atoms with van der Waals surface area (Å²) in [6.07, 6.45) is 27.9. The molecule has 0 saturated heterocycles. The molecule has 0 aromatic rings. The molecule has 3 nitrogen and oxygen atoms in total. The van der Waals surface area contributed by atoms with Crippen LogP contribution in [0.2, 0.25) is 0 Å². The summed E-state index contributed by atoms with van der Waals surface area (Å²) in [6.45, 7) is 2.83. The van der Waals surface area contributed by atoms with Crippen LogP contribution in [0, 0.1) is 0 Å². The Kier molecular flexibility index (Phi) is 19.1. The fourth-order valence-corrected chi connectivity index (χ4v) is 2.20. The van der Waals surface area contributed by atoms with Gasteiger partial charge in [0.25, 0.3) is 0 Å². The quantitative estimate of drug-likeness (QED) is 0.296. The Morgan fingerprint density at radius 2 is 1.32 bits per heavy atom. The number of unbranched alkanes of at least 4 members (excludes halogenated alkanes) is 4. The van der Waals surface area contributed by atoms with E-state index in [2.05, 4.69) is 60.8 Å². The highest BCUT2D eigenvalue weighted by atomic mass is 16.3. The van der Waals surface area contributed by atoms with Gasteiger partial charge in [0.1, 0.15) is 0 Å². The largest absolute Gasteiger partial charge is 0.396 e. The van der Waals surface area contributed by atoms with Crippen molar-refractivity contribution in [3.63, 3.8) is 0 Å². The summed E-state index contributed by atoms with van der Waals surface area (Å²) < 4.78 is 0. The number of nitrogens with one attached hydrogen (secondary N) is 1. The molecule has 0 atom stereocenters. The normalized spacial score (nSPS) is 12.2. The average molecular weight is 348 g/mol. The number of hydrogen-bond acceptors (Lipinski definition) is 2. The Morgan fingerprint density at radius 3 is 1.84 bits per heavy atom. The maximum atomic E-state index is 11.1. The minimum Gasteiger partial charge on any atom is -0.396 e. The Hall–Kier alpha value is -1.61. The van der Waals surface area contributed by atoms with Crippen molar-refractivity contribution < 1.29 is 9.90 Å². The number of amides is 1. The molecule has 0 radical (unpaired) electrons. The highest BCUT2D eigenvalue weighted by molar-refractivity contribution is 5.75. The maximum absolute atomic E-state index is 11.1. The van der Waals surface area contributed by atoms with E-state index in [1.54, 1.807) is 0 Å². The minimum atomic E-state index is -0.0804. The van der Waals surface area contributed by atoms with Crippen LogP contribution in [-0.2, 0) is 4.79 Å². The van der Waals surface area contributed by atoms with E-state index in [0.29, 0.717) is 6.54 Å². The number of aliphatic hydroxyl groups is 1. The molecule has 2 N–H and O–H groups in total. The summed E-state index contributed by atoms with van der Waals surface area (Å²) in [5.41, 5.74) is 0. The van der Waals surface area contributed by atoms with Crippen LogP contribution in [-0.4, -0.2) is 24.2 Å². The van der Waals surface area contributed by atoms with Crippen molar-refractivity contribution in [3.8, 4) is 0 Å². The molecule has 0 aromatic carbocycles. The van der Waals surface area contributed by atoms with Crippen molar-refractivity contribution in [2.24, 2.45) is 0 Å². The zero-order valence-electron chi connectivity index (χ0n) is 16.0. The van der Waals surface area contributed by atoms with Crippen molar-refractivity contribution in [1.82, 2.24) is 5.32 Å². The molecule has 0 bridgehead atoms. The zero-order valence-corrected chi connectivity index (χ0v) is 16.0.